The fraction of sp³-hybridized carbons (Fsp3) is 0.600. The summed E-state index contributed by atoms with van der Waals surface area (Å²) in [5.74, 6) is 0.725. The predicted molar refractivity (Wildman–Crippen MR) is 77.6 cm³/mol. The predicted octanol–water partition coefficient (Wildman–Crippen LogP) is 1.28. The Morgan fingerprint density at radius 1 is 1.45 bits per heavy atom. The van der Waals surface area contributed by atoms with Gasteiger partial charge in [0, 0.05) is 25.2 Å². The Labute approximate surface area is 120 Å². The second kappa shape index (κ2) is 6.70. The molecule has 5 nitrogen and oxygen atoms in total. The van der Waals surface area contributed by atoms with Crippen LogP contribution in [0.5, 0.6) is 5.75 Å². The summed E-state index contributed by atoms with van der Waals surface area (Å²) in [5.41, 5.74) is 7.36. The second-order valence-electron chi connectivity index (χ2n) is 5.23. The minimum atomic E-state index is -0.478. The van der Waals surface area contributed by atoms with E-state index in [9.17, 15) is 4.79 Å². The van der Waals surface area contributed by atoms with Crippen LogP contribution in [0.2, 0.25) is 0 Å². The van der Waals surface area contributed by atoms with Crippen LogP contribution in [0, 0.1) is 6.92 Å². The van der Waals surface area contributed by atoms with E-state index in [0.29, 0.717) is 18.7 Å². The first-order valence-electron chi connectivity index (χ1n) is 7.24. The van der Waals surface area contributed by atoms with Crippen molar-refractivity contribution in [2.75, 3.05) is 19.6 Å². The molecule has 0 bridgehead atoms. The van der Waals surface area contributed by atoms with Crippen LogP contribution in [0.4, 0.5) is 0 Å². The SMILES string of the molecule is Cc1ccc(OC(C)C(=O)N2CCCC2)c(CCN)n1. The lowest BCUT2D eigenvalue weighted by Crippen LogP contribution is -2.38. The summed E-state index contributed by atoms with van der Waals surface area (Å²) in [6.45, 7) is 5.93. The van der Waals surface area contributed by atoms with Crippen molar-refractivity contribution in [3.8, 4) is 5.75 Å². The molecule has 1 aromatic rings. The van der Waals surface area contributed by atoms with E-state index in [-0.39, 0.29) is 5.91 Å². The number of nitrogens with two attached hydrogens (primary N) is 1. The van der Waals surface area contributed by atoms with Gasteiger partial charge in [0.05, 0.1) is 5.69 Å². The van der Waals surface area contributed by atoms with Crippen LogP contribution in [0.25, 0.3) is 0 Å². The second-order valence-corrected chi connectivity index (χ2v) is 5.23. The number of aromatic nitrogens is 1. The Bertz CT molecular complexity index is 470. The number of ether oxygens (including phenoxy) is 1. The number of rotatable bonds is 5. The van der Waals surface area contributed by atoms with Crippen LogP contribution in [0.1, 0.15) is 31.2 Å². The highest BCUT2D eigenvalue weighted by Gasteiger charge is 2.25. The van der Waals surface area contributed by atoms with Crippen molar-refractivity contribution in [1.29, 1.82) is 0 Å². The zero-order chi connectivity index (χ0) is 14.5. The van der Waals surface area contributed by atoms with Gasteiger partial charge in [0.1, 0.15) is 5.75 Å². The molecule has 1 aliphatic rings. The molecule has 1 aromatic heterocycles. The molecule has 1 saturated heterocycles. The number of hydrogen-bond donors (Lipinski definition) is 1. The average Bonchev–Trinajstić information content (AvgIpc) is 2.95. The van der Waals surface area contributed by atoms with Gasteiger partial charge in [0.15, 0.2) is 6.10 Å². The van der Waals surface area contributed by atoms with E-state index in [4.69, 9.17) is 10.5 Å². The Balaban J connectivity index is 2.06. The van der Waals surface area contributed by atoms with E-state index in [1.807, 2.05) is 24.0 Å². The highest BCUT2D eigenvalue weighted by atomic mass is 16.5. The van der Waals surface area contributed by atoms with Gasteiger partial charge in [-0.2, -0.15) is 0 Å². The first-order chi connectivity index (χ1) is 9.61. The van der Waals surface area contributed by atoms with Gasteiger partial charge < -0.3 is 15.4 Å². The van der Waals surface area contributed by atoms with Gasteiger partial charge in [-0.3, -0.25) is 9.78 Å². The summed E-state index contributed by atoms with van der Waals surface area (Å²) in [7, 11) is 0. The van der Waals surface area contributed by atoms with Gasteiger partial charge in [-0.05, 0) is 45.4 Å². The quantitative estimate of drug-likeness (QED) is 0.880. The molecular formula is C15H23N3O2. The summed E-state index contributed by atoms with van der Waals surface area (Å²) >= 11 is 0. The standard InChI is InChI=1S/C15H23N3O2/c1-11-5-6-14(13(17-11)7-8-16)20-12(2)15(19)18-9-3-4-10-18/h5-6,12H,3-4,7-10,16H2,1-2H3. The van der Waals surface area contributed by atoms with Crippen molar-refractivity contribution in [1.82, 2.24) is 9.88 Å². The van der Waals surface area contributed by atoms with Gasteiger partial charge in [0.25, 0.3) is 5.91 Å². The van der Waals surface area contributed by atoms with Crippen LogP contribution >= 0.6 is 0 Å². The van der Waals surface area contributed by atoms with Crippen molar-refractivity contribution in [3.63, 3.8) is 0 Å². The molecule has 1 aliphatic heterocycles. The van der Waals surface area contributed by atoms with Crippen molar-refractivity contribution in [3.05, 3.63) is 23.5 Å². The Kier molecular flexibility index (Phi) is 4.95. The van der Waals surface area contributed by atoms with Crippen molar-refractivity contribution < 1.29 is 9.53 Å². The zero-order valence-corrected chi connectivity index (χ0v) is 12.3. The topological polar surface area (TPSA) is 68.5 Å². The first-order valence-corrected chi connectivity index (χ1v) is 7.24. The van der Waals surface area contributed by atoms with E-state index in [1.54, 1.807) is 6.92 Å². The molecule has 1 amide bonds. The van der Waals surface area contributed by atoms with Crippen molar-refractivity contribution >= 4 is 5.91 Å². The van der Waals surface area contributed by atoms with Gasteiger partial charge in [-0.25, -0.2) is 0 Å². The smallest absolute Gasteiger partial charge is 0.263 e. The normalized spacial score (nSPS) is 16.2. The van der Waals surface area contributed by atoms with Crippen molar-refractivity contribution in [2.24, 2.45) is 5.73 Å². The van der Waals surface area contributed by atoms with Crippen molar-refractivity contribution in [2.45, 2.75) is 39.2 Å². The van der Waals surface area contributed by atoms with Gasteiger partial charge in [-0.15, -0.1) is 0 Å². The third-order valence-corrected chi connectivity index (χ3v) is 3.52. The fourth-order valence-corrected chi connectivity index (χ4v) is 2.46. The third-order valence-electron chi connectivity index (χ3n) is 3.52. The van der Waals surface area contributed by atoms with Gasteiger partial charge in [0.2, 0.25) is 0 Å². The average molecular weight is 277 g/mol. The van der Waals surface area contributed by atoms with E-state index >= 15 is 0 Å². The molecule has 20 heavy (non-hydrogen) atoms. The maximum Gasteiger partial charge on any atom is 0.263 e. The molecule has 5 heteroatoms. The largest absolute Gasteiger partial charge is 0.479 e. The van der Waals surface area contributed by atoms with E-state index in [2.05, 4.69) is 4.98 Å². The lowest BCUT2D eigenvalue weighted by Gasteiger charge is -2.22. The number of carbonyl (C=O) groups is 1. The number of aryl methyl sites for hydroxylation is 1. The molecule has 2 rings (SSSR count). The summed E-state index contributed by atoms with van der Waals surface area (Å²) < 4.78 is 5.82. The lowest BCUT2D eigenvalue weighted by molar-refractivity contribution is -0.136. The minimum Gasteiger partial charge on any atom is -0.479 e. The molecule has 0 aromatic carbocycles. The van der Waals surface area contributed by atoms with Gasteiger partial charge in [-0.1, -0.05) is 0 Å². The van der Waals surface area contributed by atoms with E-state index in [0.717, 1.165) is 37.3 Å². The molecule has 1 fully saturated rings. The summed E-state index contributed by atoms with van der Waals surface area (Å²) in [4.78, 5) is 18.6. The molecule has 1 atom stereocenters. The molecule has 0 aliphatic carbocycles. The molecule has 2 heterocycles. The monoisotopic (exact) mass is 277 g/mol. The number of hydrogen-bond acceptors (Lipinski definition) is 4. The lowest BCUT2D eigenvalue weighted by atomic mass is 10.2. The molecule has 0 saturated carbocycles. The minimum absolute atomic E-state index is 0.0572. The summed E-state index contributed by atoms with van der Waals surface area (Å²) in [6.07, 6.45) is 2.35. The maximum absolute atomic E-state index is 12.2. The molecular weight excluding hydrogens is 254 g/mol. The summed E-state index contributed by atoms with van der Waals surface area (Å²) in [5, 5.41) is 0. The Hall–Kier alpha value is -1.62. The highest BCUT2D eigenvalue weighted by molar-refractivity contribution is 5.81. The fourth-order valence-electron chi connectivity index (χ4n) is 2.46. The number of pyridine rings is 1. The maximum atomic E-state index is 12.2. The van der Waals surface area contributed by atoms with Crippen LogP contribution in [0.15, 0.2) is 12.1 Å². The van der Waals surface area contributed by atoms with Crippen LogP contribution in [-0.2, 0) is 11.2 Å². The van der Waals surface area contributed by atoms with Crippen LogP contribution < -0.4 is 10.5 Å². The van der Waals surface area contributed by atoms with Crippen LogP contribution in [0.3, 0.4) is 0 Å². The number of nitrogens with zero attached hydrogens (tertiary/aromatic N) is 2. The van der Waals surface area contributed by atoms with Crippen LogP contribution in [-0.4, -0.2) is 41.5 Å². The van der Waals surface area contributed by atoms with E-state index in [1.165, 1.54) is 0 Å². The number of likely N-dealkylation sites (tertiary alicyclic amines) is 1. The molecule has 0 spiro atoms. The zero-order valence-electron chi connectivity index (χ0n) is 12.3. The highest BCUT2D eigenvalue weighted by Crippen LogP contribution is 2.20. The number of carbonyl (C=O) groups excluding carboxylic acids is 1. The Morgan fingerprint density at radius 3 is 2.80 bits per heavy atom. The first kappa shape index (κ1) is 14.8. The third kappa shape index (κ3) is 3.48. The summed E-state index contributed by atoms with van der Waals surface area (Å²) in [6, 6.07) is 3.77. The molecule has 0 radical (unpaired) electrons. The molecule has 110 valence electrons. The molecule has 1 unspecified atom stereocenters. The molecule has 2 N–H and O–H groups in total. The van der Waals surface area contributed by atoms with Gasteiger partial charge >= 0.3 is 0 Å². The Morgan fingerprint density at radius 2 is 2.15 bits per heavy atom. The number of amides is 1. The van der Waals surface area contributed by atoms with E-state index < -0.39 is 6.10 Å².